The van der Waals surface area contributed by atoms with Gasteiger partial charge in [0.15, 0.2) is 0 Å². The number of halogens is 1. The molecule has 0 saturated heterocycles. The van der Waals surface area contributed by atoms with E-state index in [9.17, 15) is 14.4 Å². The topological polar surface area (TPSA) is 92.5 Å². The van der Waals surface area contributed by atoms with E-state index in [1.54, 1.807) is 32.0 Å². The molecule has 0 fully saturated rings. The average Bonchev–Trinajstić information content (AvgIpc) is 2.50. The summed E-state index contributed by atoms with van der Waals surface area (Å²) in [6.07, 6.45) is 0. The number of rotatable bonds is 3. The van der Waals surface area contributed by atoms with Gasteiger partial charge in [0.2, 0.25) is 5.91 Å². The van der Waals surface area contributed by atoms with E-state index >= 15 is 0 Å². The highest BCUT2D eigenvalue weighted by atomic mass is 35.5. The molecule has 6 nitrogen and oxygen atoms in total. The Kier molecular flexibility index (Phi) is 4.18. The number of hydrogen-bond acceptors (Lipinski definition) is 3. The van der Waals surface area contributed by atoms with Crippen molar-refractivity contribution in [2.45, 2.75) is 26.4 Å². The minimum Gasteiger partial charge on any atom is -0.368 e. The highest BCUT2D eigenvalue weighted by Crippen LogP contribution is 2.29. The molecule has 3 N–H and O–H groups in total. The van der Waals surface area contributed by atoms with Crippen molar-refractivity contribution in [1.29, 1.82) is 0 Å². The number of benzene rings is 1. The Hall–Kier alpha value is -2.08. The number of fused-ring (bicyclic) bond motifs is 1. The molecule has 1 aliphatic heterocycles. The summed E-state index contributed by atoms with van der Waals surface area (Å²) in [6, 6.07) is 4.13. The first-order valence-corrected chi connectivity index (χ1v) is 6.89. The molecule has 1 atom stereocenters. The van der Waals surface area contributed by atoms with Crippen LogP contribution in [0.2, 0.25) is 5.02 Å². The van der Waals surface area contributed by atoms with E-state index in [1.807, 2.05) is 0 Å². The summed E-state index contributed by atoms with van der Waals surface area (Å²) < 4.78 is 0. The third-order valence-corrected chi connectivity index (χ3v) is 3.76. The lowest BCUT2D eigenvalue weighted by molar-refractivity contribution is -0.148. The van der Waals surface area contributed by atoms with E-state index in [2.05, 4.69) is 5.32 Å². The van der Waals surface area contributed by atoms with Gasteiger partial charge in [-0.2, -0.15) is 0 Å². The van der Waals surface area contributed by atoms with E-state index in [-0.39, 0.29) is 12.5 Å². The van der Waals surface area contributed by atoms with Gasteiger partial charge in [-0.3, -0.25) is 14.4 Å². The van der Waals surface area contributed by atoms with Gasteiger partial charge in [-0.15, -0.1) is 0 Å². The molecular weight excluding hydrogens is 294 g/mol. The first-order chi connectivity index (χ1) is 9.82. The van der Waals surface area contributed by atoms with Crippen LogP contribution in [0.4, 0.5) is 5.69 Å². The molecule has 0 aromatic heterocycles. The largest absolute Gasteiger partial charge is 0.368 e. The fourth-order valence-corrected chi connectivity index (χ4v) is 2.69. The smallest absolute Gasteiger partial charge is 0.313 e. The van der Waals surface area contributed by atoms with Crippen LogP contribution in [-0.4, -0.2) is 28.7 Å². The number of primary amides is 1. The third kappa shape index (κ3) is 2.85. The predicted octanol–water partition coefficient (Wildman–Crippen LogP) is 1.13. The molecule has 1 heterocycles. The summed E-state index contributed by atoms with van der Waals surface area (Å²) in [5.74, 6) is -2.47. The fourth-order valence-electron chi connectivity index (χ4n) is 2.45. The van der Waals surface area contributed by atoms with E-state index in [0.717, 1.165) is 0 Å². The lowest BCUT2D eigenvalue weighted by Gasteiger charge is -2.30. The molecule has 3 amide bonds. The fraction of sp³-hybridized carbons (Fsp3) is 0.357. The highest BCUT2D eigenvalue weighted by Gasteiger charge is 2.37. The van der Waals surface area contributed by atoms with Crippen molar-refractivity contribution in [3.8, 4) is 0 Å². The maximum absolute atomic E-state index is 12.2. The zero-order valence-electron chi connectivity index (χ0n) is 11.7. The quantitative estimate of drug-likeness (QED) is 0.820. The Morgan fingerprint density at radius 2 is 2.05 bits per heavy atom. The minimum atomic E-state index is -0.870. The van der Waals surface area contributed by atoms with Gasteiger partial charge in [-0.1, -0.05) is 31.5 Å². The number of carbonyl (C=O) groups is 3. The van der Waals surface area contributed by atoms with Crippen LogP contribution in [0.15, 0.2) is 18.2 Å². The molecule has 0 saturated carbocycles. The summed E-state index contributed by atoms with van der Waals surface area (Å²) in [5.41, 5.74) is 6.44. The average molecular weight is 310 g/mol. The molecule has 112 valence electrons. The normalized spacial score (nSPS) is 16.3. The number of amides is 3. The van der Waals surface area contributed by atoms with E-state index < -0.39 is 23.8 Å². The Morgan fingerprint density at radius 1 is 1.38 bits per heavy atom. The second kappa shape index (κ2) is 5.73. The minimum absolute atomic E-state index is 0.0539. The van der Waals surface area contributed by atoms with Crippen LogP contribution >= 0.6 is 11.6 Å². The van der Waals surface area contributed by atoms with Crippen molar-refractivity contribution in [2.75, 3.05) is 5.32 Å². The Bertz CT molecular complexity index is 615. The molecule has 1 aromatic rings. The maximum Gasteiger partial charge on any atom is 0.313 e. The molecule has 0 aliphatic carbocycles. The zero-order valence-corrected chi connectivity index (χ0v) is 12.5. The van der Waals surface area contributed by atoms with Crippen molar-refractivity contribution >= 4 is 35.0 Å². The van der Waals surface area contributed by atoms with Gasteiger partial charge in [0.05, 0.1) is 6.54 Å². The van der Waals surface area contributed by atoms with E-state index in [4.69, 9.17) is 17.3 Å². The van der Waals surface area contributed by atoms with Gasteiger partial charge in [0.1, 0.15) is 6.04 Å². The molecule has 0 radical (unpaired) electrons. The Balaban J connectivity index is 2.51. The molecule has 0 spiro atoms. The molecule has 21 heavy (non-hydrogen) atoms. The summed E-state index contributed by atoms with van der Waals surface area (Å²) >= 11 is 6.13. The molecule has 1 aromatic carbocycles. The van der Waals surface area contributed by atoms with Crippen molar-refractivity contribution in [1.82, 2.24) is 4.90 Å². The van der Waals surface area contributed by atoms with Gasteiger partial charge in [0, 0.05) is 16.3 Å². The second-order valence-corrected chi connectivity index (χ2v) is 5.65. The van der Waals surface area contributed by atoms with Crippen LogP contribution in [0.5, 0.6) is 0 Å². The Morgan fingerprint density at radius 3 is 2.62 bits per heavy atom. The number of nitrogens with zero attached hydrogens (tertiary/aromatic N) is 1. The van der Waals surface area contributed by atoms with Gasteiger partial charge in [-0.05, 0) is 18.1 Å². The number of nitrogens with two attached hydrogens (primary N) is 1. The summed E-state index contributed by atoms with van der Waals surface area (Å²) in [4.78, 5) is 37.0. The highest BCUT2D eigenvalue weighted by molar-refractivity contribution is 6.41. The predicted molar refractivity (Wildman–Crippen MR) is 78.5 cm³/mol. The summed E-state index contributed by atoms with van der Waals surface area (Å²) in [6.45, 7) is 3.58. The van der Waals surface area contributed by atoms with Crippen LogP contribution in [0.25, 0.3) is 0 Å². The Labute approximate surface area is 127 Å². The SMILES string of the molecule is CC(C)[C@@H](C(N)=O)N1Cc2c(Cl)cccc2NC(=O)C1=O. The zero-order chi connectivity index (χ0) is 15.7. The van der Waals surface area contributed by atoms with Gasteiger partial charge in [-0.25, -0.2) is 0 Å². The molecule has 1 aliphatic rings. The number of anilines is 1. The van der Waals surface area contributed by atoms with E-state index in [0.29, 0.717) is 16.3 Å². The van der Waals surface area contributed by atoms with Gasteiger partial charge >= 0.3 is 11.8 Å². The lowest BCUT2D eigenvalue weighted by Crippen LogP contribution is -2.52. The number of carbonyl (C=O) groups excluding carboxylic acids is 3. The van der Waals surface area contributed by atoms with Crippen LogP contribution in [0.3, 0.4) is 0 Å². The standard InChI is InChI=1S/C14H16ClN3O3/c1-7(2)11(12(16)19)18-6-8-9(15)4-3-5-10(8)17-13(20)14(18)21/h3-5,7,11H,6H2,1-2H3,(H2,16,19)(H,17,20)/t11-/m0/s1. The van der Waals surface area contributed by atoms with Crippen molar-refractivity contribution in [3.63, 3.8) is 0 Å². The van der Waals surface area contributed by atoms with Crippen LogP contribution in [0.1, 0.15) is 19.4 Å². The molecule has 0 unspecified atom stereocenters. The van der Waals surface area contributed by atoms with Crippen LogP contribution < -0.4 is 11.1 Å². The van der Waals surface area contributed by atoms with Gasteiger partial charge < -0.3 is 16.0 Å². The van der Waals surface area contributed by atoms with Crippen molar-refractivity contribution in [3.05, 3.63) is 28.8 Å². The summed E-state index contributed by atoms with van der Waals surface area (Å²) in [7, 11) is 0. The molecule has 7 heteroatoms. The lowest BCUT2D eigenvalue weighted by atomic mass is 10.0. The number of nitrogens with one attached hydrogen (secondary N) is 1. The maximum atomic E-state index is 12.2. The van der Waals surface area contributed by atoms with Gasteiger partial charge in [0.25, 0.3) is 0 Å². The molecule has 0 bridgehead atoms. The van der Waals surface area contributed by atoms with E-state index in [1.165, 1.54) is 4.90 Å². The van der Waals surface area contributed by atoms with Crippen molar-refractivity contribution in [2.24, 2.45) is 11.7 Å². The van der Waals surface area contributed by atoms with Crippen molar-refractivity contribution < 1.29 is 14.4 Å². The number of hydrogen-bond donors (Lipinski definition) is 2. The molecular formula is C14H16ClN3O3. The second-order valence-electron chi connectivity index (χ2n) is 5.24. The van der Waals surface area contributed by atoms with Crippen LogP contribution in [-0.2, 0) is 20.9 Å². The first-order valence-electron chi connectivity index (χ1n) is 6.51. The van der Waals surface area contributed by atoms with Crippen LogP contribution in [0, 0.1) is 5.92 Å². The third-order valence-electron chi connectivity index (χ3n) is 3.41. The first kappa shape index (κ1) is 15.3. The summed E-state index contributed by atoms with van der Waals surface area (Å²) in [5, 5.41) is 2.93. The monoisotopic (exact) mass is 309 g/mol. The molecule has 2 rings (SSSR count).